The Balaban J connectivity index is 3.53. The second-order valence-corrected chi connectivity index (χ2v) is 3.88. The van der Waals surface area contributed by atoms with Gasteiger partial charge in [-0.2, -0.15) is 13.2 Å². The van der Waals surface area contributed by atoms with Gasteiger partial charge in [0.2, 0.25) is 0 Å². The van der Waals surface area contributed by atoms with E-state index in [0.717, 1.165) is 0 Å². The van der Waals surface area contributed by atoms with Gasteiger partial charge < -0.3 is 4.90 Å². The first-order valence-electron chi connectivity index (χ1n) is 4.37. The van der Waals surface area contributed by atoms with Crippen LogP contribution in [-0.2, 0) is 6.18 Å². The number of nitro benzene ring substituents is 1. The molecule has 0 radical (unpaired) electrons. The van der Waals surface area contributed by atoms with Crippen LogP contribution >= 0.6 is 11.6 Å². The number of rotatable bonds is 2. The lowest BCUT2D eigenvalue weighted by Gasteiger charge is -2.16. The molecule has 1 rings (SSSR count). The molecule has 0 N–H and O–H groups in total. The molecular weight excluding hydrogens is 261 g/mol. The van der Waals surface area contributed by atoms with Crippen LogP contribution < -0.4 is 4.90 Å². The Bertz CT molecular complexity index is 460. The van der Waals surface area contributed by atoms with Crippen molar-refractivity contribution in [3.63, 3.8) is 0 Å². The van der Waals surface area contributed by atoms with Crippen molar-refractivity contribution in [1.29, 1.82) is 0 Å². The van der Waals surface area contributed by atoms with Crippen LogP contribution in [0.25, 0.3) is 0 Å². The van der Waals surface area contributed by atoms with Crippen LogP contribution in [0.3, 0.4) is 0 Å². The molecule has 1 aromatic rings. The molecule has 0 saturated carbocycles. The maximum atomic E-state index is 12.4. The highest BCUT2D eigenvalue weighted by atomic mass is 35.5. The predicted octanol–water partition coefficient (Wildman–Crippen LogP) is 3.33. The van der Waals surface area contributed by atoms with Gasteiger partial charge in [-0.05, 0) is 6.07 Å². The molecule has 0 heterocycles. The first kappa shape index (κ1) is 13.6. The van der Waals surface area contributed by atoms with Crippen LogP contribution in [0.4, 0.5) is 24.5 Å². The first-order chi connectivity index (χ1) is 7.64. The first-order valence-corrected chi connectivity index (χ1v) is 4.75. The Morgan fingerprint density at radius 1 is 1.35 bits per heavy atom. The summed E-state index contributed by atoms with van der Waals surface area (Å²) >= 11 is 5.63. The lowest BCUT2D eigenvalue weighted by atomic mass is 10.1. The van der Waals surface area contributed by atoms with Gasteiger partial charge in [0.15, 0.2) is 0 Å². The highest BCUT2D eigenvalue weighted by molar-refractivity contribution is 6.33. The van der Waals surface area contributed by atoms with Crippen molar-refractivity contribution in [2.24, 2.45) is 0 Å². The zero-order valence-electron chi connectivity index (χ0n) is 8.88. The van der Waals surface area contributed by atoms with E-state index in [1.54, 1.807) is 0 Å². The number of hydrogen-bond donors (Lipinski definition) is 0. The molecular formula is C9H8ClF3N2O2. The molecule has 0 fully saturated rings. The summed E-state index contributed by atoms with van der Waals surface area (Å²) in [5.41, 5.74) is -1.86. The summed E-state index contributed by atoms with van der Waals surface area (Å²) in [6.45, 7) is 0. The molecule has 0 unspecified atom stereocenters. The van der Waals surface area contributed by atoms with Gasteiger partial charge in [-0.3, -0.25) is 10.1 Å². The summed E-state index contributed by atoms with van der Waals surface area (Å²) in [6.07, 6.45) is -4.67. The molecule has 0 atom stereocenters. The van der Waals surface area contributed by atoms with Gasteiger partial charge in [-0.1, -0.05) is 11.6 Å². The van der Waals surface area contributed by atoms with Crippen LogP contribution in [0, 0.1) is 10.1 Å². The molecule has 0 saturated heterocycles. The van der Waals surface area contributed by atoms with Crippen LogP contribution in [-0.4, -0.2) is 19.0 Å². The van der Waals surface area contributed by atoms with Crippen molar-refractivity contribution in [2.45, 2.75) is 6.18 Å². The third-order valence-electron chi connectivity index (χ3n) is 2.01. The van der Waals surface area contributed by atoms with E-state index in [4.69, 9.17) is 11.6 Å². The number of anilines is 1. The number of halogens is 4. The summed E-state index contributed by atoms with van der Waals surface area (Å²) in [6, 6.07) is 1.14. The Hall–Kier alpha value is -1.50. The van der Waals surface area contributed by atoms with Gasteiger partial charge in [0.1, 0.15) is 5.69 Å². The number of alkyl halides is 3. The normalized spacial score (nSPS) is 11.4. The van der Waals surface area contributed by atoms with Crippen LogP contribution in [0.2, 0.25) is 5.02 Å². The molecule has 17 heavy (non-hydrogen) atoms. The minimum Gasteiger partial charge on any atom is -0.371 e. The maximum absolute atomic E-state index is 12.4. The van der Waals surface area contributed by atoms with Gasteiger partial charge in [0.25, 0.3) is 5.69 Å². The molecule has 0 amide bonds. The SMILES string of the molecule is CN(C)c1c(Cl)cc(C(F)(F)F)cc1[N+](=O)[O-]. The van der Waals surface area contributed by atoms with E-state index in [-0.39, 0.29) is 10.7 Å². The standard InChI is InChI=1S/C9H8ClF3N2O2/c1-14(2)8-6(10)3-5(9(11,12)13)4-7(8)15(16)17/h3-4H,1-2H3. The second kappa shape index (κ2) is 4.40. The second-order valence-electron chi connectivity index (χ2n) is 3.48. The van der Waals surface area contributed by atoms with E-state index in [9.17, 15) is 23.3 Å². The Morgan fingerprint density at radius 2 is 1.88 bits per heavy atom. The zero-order valence-corrected chi connectivity index (χ0v) is 9.63. The van der Waals surface area contributed by atoms with E-state index < -0.39 is 22.4 Å². The summed E-state index contributed by atoms with van der Waals surface area (Å²) in [7, 11) is 2.92. The average Bonchev–Trinajstić information content (AvgIpc) is 2.13. The van der Waals surface area contributed by atoms with Crippen molar-refractivity contribution in [3.05, 3.63) is 32.8 Å². The van der Waals surface area contributed by atoms with Crippen molar-refractivity contribution in [2.75, 3.05) is 19.0 Å². The smallest absolute Gasteiger partial charge is 0.371 e. The van der Waals surface area contributed by atoms with Gasteiger partial charge in [0, 0.05) is 20.2 Å². The van der Waals surface area contributed by atoms with E-state index in [2.05, 4.69) is 0 Å². The summed E-state index contributed by atoms with van der Waals surface area (Å²) < 4.78 is 37.3. The van der Waals surface area contributed by atoms with Crippen LogP contribution in [0.15, 0.2) is 12.1 Å². The molecule has 0 aromatic heterocycles. The van der Waals surface area contributed by atoms with Gasteiger partial charge in [-0.15, -0.1) is 0 Å². The molecule has 8 heteroatoms. The number of benzene rings is 1. The summed E-state index contributed by atoms with van der Waals surface area (Å²) in [4.78, 5) is 11.1. The van der Waals surface area contributed by atoms with E-state index >= 15 is 0 Å². The summed E-state index contributed by atoms with van der Waals surface area (Å²) in [5.74, 6) is 0. The summed E-state index contributed by atoms with van der Waals surface area (Å²) in [5, 5.41) is 10.4. The van der Waals surface area contributed by atoms with E-state index in [1.165, 1.54) is 19.0 Å². The van der Waals surface area contributed by atoms with Gasteiger partial charge >= 0.3 is 6.18 Å². The molecule has 0 aliphatic heterocycles. The van der Waals surface area contributed by atoms with Gasteiger partial charge in [-0.25, -0.2) is 0 Å². The maximum Gasteiger partial charge on any atom is 0.416 e. The van der Waals surface area contributed by atoms with Crippen LogP contribution in [0.1, 0.15) is 5.56 Å². The van der Waals surface area contributed by atoms with Crippen molar-refractivity contribution in [3.8, 4) is 0 Å². The molecule has 0 aliphatic rings. The highest BCUT2D eigenvalue weighted by Crippen LogP contribution is 2.40. The van der Waals surface area contributed by atoms with E-state index in [0.29, 0.717) is 12.1 Å². The monoisotopic (exact) mass is 268 g/mol. The van der Waals surface area contributed by atoms with E-state index in [1.807, 2.05) is 0 Å². The average molecular weight is 269 g/mol. The Kier molecular flexibility index (Phi) is 3.51. The quantitative estimate of drug-likeness (QED) is 0.610. The number of hydrogen-bond acceptors (Lipinski definition) is 3. The van der Waals surface area contributed by atoms with Crippen LogP contribution in [0.5, 0.6) is 0 Å². The number of nitrogens with zero attached hydrogens (tertiary/aromatic N) is 2. The predicted molar refractivity (Wildman–Crippen MR) is 57.4 cm³/mol. The van der Waals surface area contributed by atoms with Gasteiger partial charge in [0.05, 0.1) is 15.5 Å². The molecule has 4 nitrogen and oxygen atoms in total. The topological polar surface area (TPSA) is 46.4 Å². The fourth-order valence-electron chi connectivity index (χ4n) is 1.33. The molecule has 0 aliphatic carbocycles. The fraction of sp³-hybridized carbons (Fsp3) is 0.333. The fourth-order valence-corrected chi connectivity index (χ4v) is 1.71. The molecule has 94 valence electrons. The highest BCUT2D eigenvalue weighted by Gasteiger charge is 2.34. The van der Waals surface area contributed by atoms with Crippen molar-refractivity contribution in [1.82, 2.24) is 0 Å². The minimum atomic E-state index is -4.67. The molecule has 0 spiro atoms. The van der Waals surface area contributed by atoms with Crippen molar-refractivity contribution >= 4 is 23.0 Å². The lowest BCUT2D eigenvalue weighted by Crippen LogP contribution is -2.14. The van der Waals surface area contributed by atoms with Crippen molar-refractivity contribution < 1.29 is 18.1 Å². The lowest BCUT2D eigenvalue weighted by molar-refractivity contribution is -0.384. The largest absolute Gasteiger partial charge is 0.416 e. The molecule has 0 bridgehead atoms. The zero-order chi connectivity index (χ0) is 13.4. The minimum absolute atomic E-state index is 0.0512. The number of nitro groups is 1. The molecule has 1 aromatic carbocycles. The Labute approximate surface area is 99.7 Å². The third kappa shape index (κ3) is 2.79. The Morgan fingerprint density at radius 3 is 2.24 bits per heavy atom. The third-order valence-corrected chi connectivity index (χ3v) is 2.30.